The molecular formula is C47H76O18. The van der Waals surface area contributed by atoms with E-state index in [0.29, 0.717) is 25.7 Å². The van der Waals surface area contributed by atoms with Gasteiger partial charge in [-0.15, -0.1) is 0 Å². The van der Waals surface area contributed by atoms with Crippen molar-refractivity contribution < 1.29 is 89.4 Å². The van der Waals surface area contributed by atoms with Gasteiger partial charge in [0.25, 0.3) is 0 Å². The summed E-state index contributed by atoms with van der Waals surface area (Å²) in [5, 5.41) is 119. The maximum Gasteiger partial charge on any atom is 0.310 e. The molecule has 23 atom stereocenters. The molecule has 0 radical (unpaired) electrons. The van der Waals surface area contributed by atoms with Gasteiger partial charge in [-0.1, -0.05) is 60.1 Å². The summed E-state index contributed by atoms with van der Waals surface area (Å²) in [6.45, 7) is 13.6. The Hall–Kier alpha value is -1.43. The van der Waals surface area contributed by atoms with Crippen LogP contribution in [-0.2, 0) is 33.2 Å². The predicted octanol–water partition coefficient (Wildman–Crippen LogP) is 0.316. The van der Waals surface area contributed by atoms with Crippen molar-refractivity contribution in [1.29, 1.82) is 0 Å². The lowest BCUT2D eigenvalue weighted by Gasteiger charge is -2.71. The largest absolute Gasteiger partial charge is 0.481 e. The van der Waals surface area contributed by atoms with Gasteiger partial charge in [0, 0.05) is 5.92 Å². The van der Waals surface area contributed by atoms with E-state index in [1.165, 1.54) is 0 Å². The van der Waals surface area contributed by atoms with E-state index in [4.69, 9.17) is 28.4 Å². The monoisotopic (exact) mass is 929 g/mol. The summed E-state index contributed by atoms with van der Waals surface area (Å²) in [6, 6.07) is 0. The molecule has 11 N–H and O–H groups in total. The quantitative estimate of drug-likeness (QED) is 0.110. The first kappa shape index (κ1) is 50.0. The van der Waals surface area contributed by atoms with Crippen LogP contribution in [-0.4, -0.2) is 180 Å². The van der Waals surface area contributed by atoms with Crippen LogP contribution in [0, 0.1) is 50.2 Å². The molecule has 3 aliphatic heterocycles. The zero-order valence-corrected chi connectivity index (χ0v) is 38.8. The van der Waals surface area contributed by atoms with Crippen molar-refractivity contribution >= 4 is 5.97 Å². The third-order valence-corrected chi connectivity index (χ3v) is 19.2. The Morgan fingerprint density at radius 2 is 1.28 bits per heavy atom. The van der Waals surface area contributed by atoms with Gasteiger partial charge >= 0.3 is 5.97 Å². The summed E-state index contributed by atoms with van der Waals surface area (Å²) in [5.74, 6) is -0.967. The normalized spacial score (nSPS) is 54.0. The fraction of sp³-hybridized carbons (Fsp3) is 0.936. The first-order valence-corrected chi connectivity index (χ1v) is 23.8. The summed E-state index contributed by atoms with van der Waals surface area (Å²) in [6.07, 6.45) is -15.6. The molecule has 0 bridgehead atoms. The number of hydrogen-bond acceptors (Lipinski definition) is 17. The number of rotatable bonds is 9. The summed E-state index contributed by atoms with van der Waals surface area (Å²) in [7, 11) is 0. The van der Waals surface area contributed by atoms with Crippen molar-refractivity contribution in [3.8, 4) is 0 Å². The van der Waals surface area contributed by atoms with Crippen LogP contribution >= 0.6 is 0 Å². The zero-order valence-electron chi connectivity index (χ0n) is 38.8. The third kappa shape index (κ3) is 7.62. The van der Waals surface area contributed by atoms with Gasteiger partial charge in [-0.3, -0.25) is 4.79 Å². The van der Waals surface area contributed by atoms with E-state index in [9.17, 15) is 61.0 Å². The van der Waals surface area contributed by atoms with E-state index >= 15 is 0 Å². The fourth-order valence-electron chi connectivity index (χ4n) is 14.8. The Morgan fingerprint density at radius 3 is 1.94 bits per heavy atom. The number of ether oxygens (including phenoxy) is 6. The van der Waals surface area contributed by atoms with Crippen LogP contribution in [0.3, 0.4) is 0 Å². The predicted molar refractivity (Wildman–Crippen MR) is 226 cm³/mol. The van der Waals surface area contributed by atoms with Gasteiger partial charge in [-0.25, -0.2) is 0 Å². The molecule has 3 saturated heterocycles. The van der Waals surface area contributed by atoms with Crippen LogP contribution in [0.25, 0.3) is 0 Å². The minimum Gasteiger partial charge on any atom is -0.481 e. The lowest BCUT2D eigenvalue weighted by Crippen LogP contribution is -2.68. The molecule has 3 heterocycles. The highest BCUT2D eigenvalue weighted by molar-refractivity contribution is 5.77. The Kier molecular flexibility index (Phi) is 13.4. The van der Waals surface area contributed by atoms with Gasteiger partial charge in [0.05, 0.1) is 37.4 Å². The highest BCUT2D eigenvalue weighted by atomic mass is 16.8. The summed E-state index contributed by atoms with van der Waals surface area (Å²) in [4.78, 5) is 13.2. The van der Waals surface area contributed by atoms with Crippen molar-refractivity contribution in [3.05, 3.63) is 11.6 Å². The number of fused-ring (bicyclic) bond motifs is 7. The third-order valence-electron chi connectivity index (χ3n) is 19.2. The smallest absolute Gasteiger partial charge is 0.310 e. The first-order valence-electron chi connectivity index (χ1n) is 23.8. The molecule has 65 heavy (non-hydrogen) atoms. The highest BCUT2D eigenvalue weighted by Crippen LogP contribution is 2.76. The number of carboxylic acids is 1. The zero-order chi connectivity index (χ0) is 47.6. The maximum atomic E-state index is 13.2. The molecule has 0 spiro atoms. The maximum absolute atomic E-state index is 13.2. The van der Waals surface area contributed by atoms with Crippen LogP contribution in [0.4, 0.5) is 0 Å². The van der Waals surface area contributed by atoms with Crippen LogP contribution in [0.5, 0.6) is 0 Å². The molecule has 0 aromatic carbocycles. The standard InChI is InChI=1S/C47H76O18/c1-42(2)14-16-47(41(58)59)17-15-45(6)21(28(47)37(42)57)8-9-26-44(5)12-11-27(43(3,4)25(44)10-13-46(26,45)7)63-40-36(65-38-33(55)29(51)22(50)20-60-38)35(31(53)24(19-49)62-40)64-39-34(56)32(54)30(52)23(18-48)61-39/h8,22-40,48-57H,9-20H2,1-7H3,(H,58,59). The van der Waals surface area contributed by atoms with Gasteiger partial charge < -0.3 is 84.6 Å². The van der Waals surface area contributed by atoms with E-state index in [1.54, 1.807) is 0 Å². The molecular weight excluding hydrogens is 852 g/mol. The molecule has 0 aromatic rings. The number of hydrogen-bond donors (Lipinski definition) is 11. The SMILES string of the molecule is CC1(C)CCC2(C(=O)O)CCC3(C)C(=CCC4C5(C)CCC(OC6OC(CO)C(O)C(OC7OC(CO)C(O)C(O)C7O)C6OC6OCC(O)C(O)C6O)C(C)(C)C5CCC43C)C2C1O. The van der Waals surface area contributed by atoms with Crippen LogP contribution in [0.2, 0.25) is 0 Å². The van der Waals surface area contributed by atoms with Crippen molar-refractivity contribution in [2.45, 2.75) is 204 Å². The fourth-order valence-corrected chi connectivity index (χ4v) is 14.8. The topological polar surface area (TPSA) is 295 Å². The summed E-state index contributed by atoms with van der Waals surface area (Å²) in [5.41, 5.74) is -1.61. The summed E-state index contributed by atoms with van der Waals surface area (Å²) >= 11 is 0. The molecule has 18 heteroatoms. The average molecular weight is 929 g/mol. The molecule has 0 aromatic heterocycles. The minimum absolute atomic E-state index is 0.106. The van der Waals surface area contributed by atoms with Crippen molar-refractivity contribution in [2.24, 2.45) is 50.2 Å². The molecule has 372 valence electrons. The van der Waals surface area contributed by atoms with Crippen molar-refractivity contribution in [1.82, 2.24) is 0 Å². The highest BCUT2D eigenvalue weighted by Gasteiger charge is 2.71. The van der Waals surface area contributed by atoms with E-state index in [-0.39, 0.29) is 28.1 Å². The Balaban J connectivity index is 1.09. The van der Waals surface area contributed by atoms with E-state index < -0.39 is 146 Å². The number of aliphatic carboxylic acids is 1. The lowest BCUT2D eigenvalue weighted by molar-refractivity contribution is -0.395. The van der Waals surface area contributed by atoms with Gasteiger partial charge in [-0.05, 0) is 96.7 Å². The van der Waals surface area contributed by atoms with E-state index in [0.717, 1.165) is 37.7 Å². The van der Waals surface area contributed by atoms with Gasteiger partial charge in [0.15, 0.2) is 18.9 Å². The molecule has 8 rings (SSSR count). The minimum atomic E-state index is -1.88. The summed E-state index contributed by atoms with van der Waals surface area (Å²) < 4.78 is 36.9. The molecule has 0 amide bonds. The Bertz CT molecular complexity index is 1780. The second kappa shape index (κ2) is 17.5. The average Bonchev–Trinajstić information content (AvgIpc) is 3.25. The molecule has 8 aliphatic rings. The van der Waals surface area contributed by atoms with Crippen molar-refractivity contribution in [2.75, 3.05) is 19.8 Å². The number of carboxylic acid groups (broad SMARTS) is 1. The number of aliphatic hydroxyl groups excluding tert-OH is 10. The number of carbonyl (C=O) groups is 1. The second-order valence-electron chi connectivity index (χ2n) is 23.0. The second-order valence-corrected chi connectivity index (χ2v) is 23.0. The molecule has 7 fully saturated rings. The van der Waals surface area contributed by atoms with Gasteiger partial charge in [0.2, 0.25) is 0 Å². The molecule has 4 saturated carbocycles. The first-order chi connectivity index (χ1) is 30.3. The van der Waals surface area contributed by atoms with Crippen LogP contribution in [0.15, 0.2) is 11.6 Å². The molecule has 23 unspecified atom stereocenters. The van der Waals surface area contributed by atoms with E-state index in [2.05, 4.69) is 40.7 Å². The van der Waals surface area contributed by atoms with Crippen molar-refractivity contribution in [3.63, 3.8) is 0 Å². The number of allylic oxidation sites excluding steroid dienone is 1. The Labute approximate surface area is 380 Å². The Morgan fingerprint density at radius 1 is 0.662 bits per heavy atom. The van der Waals surface area contributed by atoms with Gasteiger partial charge in [-0.2, -0.15) is 0 Å². The molecule has 18 nitrogen and oxygen atoms in total. The van der Waals surface area contributed by atoms with E-state index in [1.807, 2.05) is 13.8 Å². The number of aliphatic hydroxyl groups is 10. The van der Waals surface area contributed by atoms with Crippen LogP contribution < -0.4 is 0 Å². The lowest BCUT2D eigenvalue weighted by atomic mass is 9.33. The van der Waals surface area contributed by atoms with Crippen LogP contribution in [0.1, 0.15) is 106 Å². The molecule has 5 aliphatic carbocycles. The van der Waals surface area contributed by atoms with Gasteiger partial charge in [0.1, 0.15) is 67.1 Å².